The Morgan fingerprint density at radius 1 is 1.50 bits per heavy atom. The number of amides is 1. The third-order valence-corrected chi connectivity index (χ3v) is 3.96. The Labute approximate surface area is 123 Å². The third-order valence-electron chi connectivity index (χ3n) is 2.97. The van der Waals surface area contributed by atoms with E-state index in [9.17, 15) is 4.79 Å². The smallest absolute Gasteiger partial charge is 0.240 e. The minimum absolute atomic E-state index is 0.0281. The fraction of sp³-hybridized carbons (Fsp3) is 0.250. The van der Waals surface area contributed by atoms with Gasteiger partial charge in [0, 0.05) is 17.2 Å². The van der Waals surface area contributed by atoms with Gasteiger partial charge in [0.2, 0.25) is 5.91 Å². The second kappa shape index (κ2) is 6.97. The number of carbonyl (C=O) groups excluding carboxylic acids is 1. The summed E-state index contributed by atoms with van der Waals surface area (Å²) in [7, 11) is 0. The van der Waals surface area contributed by atoms with Crippen molar-refractivity contribution in [1.82, 2.24) is 5.43 Å². The van der Waals surface area contributed by atoms with E-state index in [0.717, 1.165) is 16.2 Å². The van der Waals surface area contributed by atoms with Crippen molar-refractivity contribution in [2.45, 2.75) is 18.2 Å². The van der Waals surface area contributed by atoms with Gasteiger partial charge in [-0.05, 0) is 17.7 Å². The molecule has 1 unspecified atom stereocenters. The molecule has 0 radical (unpaired) electrons. The maximum absolute atomic E-state index is 11.2. The van der Waals surface area contributed by atoms with Crippen LogP contribution in [0.25, 0.3) is 6.08 Å². The van der Waals surface area contributed by atoms with Crippen LogP contribution in [-0.4, -0.2) is 17.4 Å². The van der Waals surface area contributed by atoms with Crippen molar-refractivity contribution in [2.75, 3.05) is 5.75 Å². The number of hydrogen-bond acceptors (Lipinski definition) is 3. The third kappa shape index (κ3) is 3.75. The highest BCUT2D eigenvalue weighted by molar-refractivity contribution is 7.99. The number of carbonyl (C=O) groups is 1. The SMILES string of the molecule is C#CCSc1ccccc1C=CC1=NNC(=O)CC1C. The summed E-state index contributed by atoms with van der Waals surface area (Å²) in [5.41, 5.74) is 4.51. The molecule has 2 rings (SSSR count). The molecule has 1 heterocycles. The minimum Gasteiger partial charge on any atom is -0.273 e. The highest BCUT2D eigenvalue weighted by Gasteiger charge is 2.17. The summed E-state index contributed by atoms with van der Waals surface area (Å²) in [4.78, 5) is 12.3. The zero-order valence-corrected chi connectivity index (χ0v) is 12.1. The van der Waals surface area contributed by atoms with Crippen LogP contribution in [0.5, 0.6) is 0 Å². The van der Waals surface area contributed by atoms with E-state index in [-0.39, 0.29) is 11.8 Å². The molecule has 1 aliphatic heterocycles. The first kappa shape index (κ1) is 14.4. The van der Waals surface area contributed by atoms with Crippen molar-refractivity contribution < 1.29 is 4.79 Å². The van der Waals surface area contributed by atoms with E-state index in [1.165, 1.54) is 0 Å². The van der Waals surface area contributed by atoms with Crippen LogP contribution in [0.2, 0.25) is 0 Å². The summed E-state index contributed by atoms with van der Waals surface area (Å²) in [5.74, 6) is 3.40. The summed E-state index contributed by atoms with van der Waals surface area (Å²) in [6.07, 6.45) is 9.76. The normalized spacial score (nSPS) is 18.5. The van der Waals surface area contributed by atoms with Crippen LogP contribution in [0.4, 0.5) is 0 Å². The van der Waals surface area contributed by atoms with E-state index >= 15 is 0 Å². The van der Waals surface area contributed by atoms with E-state index < -0.39 is 0 Å². The molecule has 0 spiro atoms. The van der Waals surface area contributed by atoms with Crippen molar-refractivity contribution in [3.05, 3.63) is 35.9 Å². The molecule has 1 amide bonds. The minimum atomic E-state index is -0.0281. The number of hydrogen-bond donors (Lipinski definition) is 1. The molecule has 0 fully saturated rings. The van der Waals surface area contributed by atoms with Crippen LogP contribution in [0, 0.1) is 18.3 Å². The second-order valence-electron chi connectivity index (χ2n) is 4.54. The number of allylic oxidation sites excluding steroid dienone is 1. The maximum Gasteiger partial charge on any atom is 0.240 e. The molecule has 20 heavy (non-hydrogen) atoms. The van der Waals surface area contributed by atoms with Crippen molar-refractivity contribution in [3.63, 3.8) is 0 Å². The average Bonchev–Trinajstić information content (AvgIpc) is 2.45. The molecule has 0 bridgehead atoms. The molecule has 0 saturated carbocycles. The fourth-order valence-corrected chi connectivity index (χ4v) is 2.63. The molecule has 0 saturated heterocycles. The number of nitrogens with zero attached hydrogens (tertiary/aromatic N) is 1. The molecule has 1 aromatic rings. The highest BCUT2D eigenvalue weighted by atomic mass is 32.2. The van der Waals surface area contributed by atoms with E-state index in [4.69, 9.17) is 6.42 Å². The van der Waals surface area contributed by atoms with Gasteiger partial charge >= 0.3 is 0 Å². The van der Waals surface area contributed by atoms with Gasteiger partial charge < -0.3 is 0 Å². The standard InChI is InChI=1S/C16H16N2OS/c1-3-10-20-15-7-5-4-6-13(15)8-9-14-12(2)11-16(19)18-17-14/h1,4-9,12H,10-11H2,2H3,(H,18,19). The van der Waals surface area contributed by atoms with Gasteiger partial charge in [0.25, 0.3) is 0 Å². The van der Waals surface area contributed by atoms with Gasteiger partial charge in [-0.25, -0.2) is 5.43 Å². The first-order valence-corrected chi connectivity index (χ1v) is 7.39. The molecular formula is C16H16N2OS. The zero-order chi connectivity index (χ0) is 14.4. The predicted octanol–water partition coefficient (Wildman–Crippen LogP) is 2.94. The van der Waals surface area contributed by atoms with E-state index in [1.54, 1.807) is 11.8 Å². The van der Waals surface area contributed by atoms with Gasteiger partial charge in [-0.2, -0.15) is 5.10 Å². The second-order valence-corrected chi connectivity index (χ2v) is 5.56. The summed E-state index contributed by atoms with van der Waals surface area (Å²) >= 11 is 1.64. The number of hydrazone groups is 1. The molecule has 1 N–H and O–H groups in total. The number of rotatable bonds is 4. The number of terminal acetylenes is 1. The lowest BCUT2D eigenvalue weighted by atomic mass is 9.99. The quantitative estimate of drug-likeness (QED) is 0.682. The topological polar surface area (TPSA) is 41.5 Å². The molecular weight excluding hydrogens is 268 g/mol. The Kier molecular flexibility index (Phi) is 5.03. The molecule has 1 atom stereocenters. The summed E-state index contributed by atoms with van der Waals surface area (Å²) < 4.78 is 0. The zero-order valence-electron chi connectivity index (χ0n) is 11.3. The molecule has 102 valence electrons. The fourth-order valence-electron chi connectivity index (χ4n) is 1.91. The average molecular weight is 284 g/mol. The van der Waals surface area contributed by atoms with Gasteiger partial charge in [0.15, 0.2) is 0 Å². The van der Waals surface area contributed by atoms with E-state index in [0.29, 0.717) is 12.2 Å². The molecule has 0 aliphatic carbocycles. The molecule has 1 aromatic carbocycles. The van der Waals surface area contributed by atoms with Crippen LogP contribution >= 0.6 is 11.8 Å². The lowest BCUT2D eigenvalue weighted by molar-refractivity contribution is -0.121. The summed E-state index contributed by atoms with van der Waals surface area (Å²) in [5, 5.41) is 4.09. The van der Waals surface area contributed by atoms with Gasteiger partial charge in [0.05, 0.1) is 11.5 Å². The Balaban J connectivity index is 2.15. The number of benzene rings is 1. The van der Waals surface area contributed by atoms with E-state index in [2.05, 4.69) is 22.5 Å². The number of nitrogens with one attached hydrogen (secondary N) is 1. The van der Waals surface area contributed by atoms with Crippen LogP contribution in [0.3, 0.4) is 0 Å². The lowest BCUT2D eigenvalue weighted by Gasteiger charge is -2.16. The van der Waals surface area contributed by atoms with Crippen molar-refractivity contribution in [3.8, 4) is 12.3 Å². The van der Waals surface area contributed by atoms with Crippen molar-refractivity contribution in [1.29, 1.82) is 0 Å². The van der Waals surface area contributed by atoms with E-state index in [1.807, 2.05) is 37.3 Å². The predicted molar refractivity (Wildman–Crippen MR) is 84.4 cm³/mol. The Morgan fingerprint density at radius 3 is 3.05 bits per heavy atom. The largest absolute Gasteiger partial charge is 0.273 e. The molecule has 0 aromatic heterocycles. The molecule has 4 heteroatoms. The van der Waals surface area contributed by atoms with Gasteiger partial charge in [0.1, 0.15) is 0 Å². The number of thioether (sulfide) groups is 1. The summed E-state index contributed by atoms with van der Waals surface area (Å²) in [6.45, 7) is 2.00. The van der Waals surface area contributed by atoms with Gasteiger partial charge in [-0.1, -0.05) is 37.1 Å². The van der Waals surface area contributed by atoms with Crippen LogP contribution in [0.1, 0.15) is 18.9 Å². The molecule has 3 nitrogen and oxygen atoms in total. The molecule has 1 aliphatic rings. The maximum atomic E-state index is 11.2. The first-order valence-electron chi connectivity index (χ1n) is 6.40. The van der Waals surface area contributed by atoms with Crippen LogP contribution < -0.4 is 5.43 Å². The van der Waals surface area contributed by atoms with Crippen LogP contribution in [0.15, 0.2) is 40.3 Å². The monoisotopic (exact) mass is 284 g/mol. The van der Waals surface area contributed by atoms with Gasteiger partial charge in [-0.15, -0.1) is 18.2 Å². The van der Waals surface area contributed by atoms with Crippen molar-refractivity contribution >= 4 is 29.5 Å². The van der Waals surface area contributed by atoms with Gasteiger partial charge in [-0.3, -0.25) is 4.79 Å². The van der Waals surface area contributed by atoms with Crippen LogP contribution in [-0.2, 0) is 4.79 Å². The summed E-state index contributed by atoms with van der Waals surface area (Å²) in [6, 6.07) is 8.09. The first-order chi connectivity index (χ1) is 9.70. The Hall–Kier alpha value is -1.99. The van der Waals surface area contributed by atoms with Crippen molar-refractivity contribution in [2.24, 2.45) is 11.0 Å². The Bertz CT molecular complexity index is 599. The lowest BCUT2D eigenvalue weighted by Crippen LogP contribution is -2.30. The highest BCUT2D eigenvalue weighted by Crippen LogP contribution is 2.23. The Morgan fingerprint density at radius 2 is 2.30 bits per heavy atom.